The van der Waals surface area contributed by atoms with Crippen LogP contribution in [-0.4, -0.2) is 35.7 Å². The minimum absolute atomic E-state index is 0.00528. The molecule has 1 heterocycles. The van der Waals surface area contributed by atoms with Gasteiger partial charge >= 0.3 is 5.97 Å². The molecule has 86 valence electrons. The molecule has 16 heavy (non-hydrogen) atoms. The third-order valence-electron chi connectivity index (χ3n) is 3.02. The Morgan fingerprint density at radius 3 is 2.88 bits per heavy atom. The Kier molecular flexibility index (Phi) is 2.92. The Balaban J connectivity index is 2.27. The number of carbonyl (C=O) groups is 1. The molecule has 1 aromatic rings. The van der Waals surface area contributed by atoms with E-state index < -0.39 is 12.1 Å². The van der Waals surface area contributed by atoms with Crippen LogP contribution in [0.2, 0.25) is 0 Å². The van der Waals surface area contributed by atoms with Crippen LogP contribution in [-0.2, 0) is 0 Å². The van der Waals surface area contributed by atoms with Gasteiger partial charge in [-0.3, -0.25) is 4.90 Å². The number of aromatic carboxylic acids is 1. The summed E-state index contributed by atoms with van der Waals surface area (Å²) in [6.45, 7) is 0.419. The standard InChI is InChI=1S/C12H14FNO2/c1-14-7-10(13)6-11(14)8-3-2-4-9(5-8)12(15)16/h2-5,10-11H,6-7H2,1H3,(H,15,16). The Bertz CT molecular complexity index is 408. The fraction of sp³-hybridized carbons (Fsp3) is 0.417. The van der Waals surface area contributed by atoms with E-state index in [1.807, 2.05) is 18.0 Å². The molecule has 2 unspecified atom stereocenters. The molecule has 0 bridgehead atoms. The van der Waals surface area contributed by atoms with E-state index in [9.17, 15) is 9.18 Å². The van der Waals surface area contributed by atoms with E-state index >= 15 is 0 Å². The number of halogens is 1. The van der Waals surface area contributed by atoms with Gasteiger partial charge in [-0.15, -0.1) is 0 Å². The normalized spacial score (nSPS) is 25.9. The number of carboxylic acid groups (broad SMARTS) is 1. The molecule has 0 spiro atoms. The average Bonchev–Trinajstić information content (AvgIpc) is 2.58. The van der Waals surface area contributed by atoms with E-state index in [0.29, 0.717) is 13.0 Å². The lowest BCUT2D eigenvalue weighted by molar-refractivity contribution is 0.0696. The zero-order chi connectivity index (χ0) is 11.7. The summed E-state index contributed by atoms with van der Waals surface area (Å²) in [6.07, 6.45) is -0.372. The Morgan fingerprint density at radius 1 is 1.56 bits per heavy atom. The average molecular weight is 223 g/mol. The van der Waals surface area contributed by atoms with Crippen LogP contribution in [0.1, 0.15) is 28.4 Å². The van der Waals surface area contributed by atoms with Crippen LogP contribution < -0.4 is 0 Å². The number of hydrogen-bond acceptors (Lipinski definition) is 2. The van der Waals surface area contributed by atoms with Gasteiger partial charge in [0.15, 0.2) is 0 Å². The minimum atomic E-state index is -0.945. The summed E-state index contributed by atoms with van der Waals surface area (Å²) in [6, 6.07) is 6.73. The van der Waals surface area contributed by atoms with Gasteiger partial charge in [0.1, 0.15) is 6.17 Å². The van der Waals surface area contributed by atoms with Crippen molar-refractivity contribution in [2.75, 3.05) is 13.6 Å². The summed E-state index contributed by atoms with van der Waals surface area (Å²) in [5, 5.41) is 8.88. The maximum atomic E-state index is 13.2. The SMILES string of the molecule is CN1CC(F)CC1c1cccc(C(=O)O)c1. The van der Waals surface area contributed by atoms with Crippen LogP contribution in [0.4, 0.5) is 4.39 Å². The second kappa shape index (κ2) is 4.22. The summed E-state index contributed by atoms with van der Waals surface area (Å²) in [5.74, 6) is -0.945. The fourth-order valence-corrected chi connectivity index (χ4v) is 2.21. The summed E-state index contributed by atoms with van der Waals surface area (Å²) in [7, 11) is 1.86. The first-order chi connectivity index (χ1) is 7.58. The molecule has 2 atom stereocenters. The second-order valence-electron chi connectivity index (χ2n) is 4.22. The van der Waals surface area contributed by atoms with Crippen LogP contribution in [0, 0.1) is 0 Å². The largest absolute Gasteiger partial charge is 0.478 e. The molecular weight excluding hydrogens is 209 g/mol. The fourth-order valence-electron chi connectivity index (χ4n) is 2.21. The summed E-state index contributed by atoms with van der Waals surface area (Å²) in [5.41, 5.74) is 1.13. The van der Waals surface area contributed by atoms with Crippen molar-refractivity contribution < 1.29 is 14.3 Å². The molecule has 4 heteroatoms. The summed E-state index contributed by atoms with van der Waals surface area (Å²) in [4.78, 5) is 12.7. The van der Waals surface area contributed by atoms with E-state index in [-0.39, 0.29) is 11.6 Å². The van der Waals surface area contributed by atoms with Crippen molar-refractivity contribution in [1.82, 2.24) is 4.90 Å². The Labute approximate surface area is 93.5 Å². The third kappa shape index (κ3) is 2.07. The molecule has 3 nitrogen and oxygen atoms in total. The van der Waals surface area contributed by atoms with Crippen molar-refractivity contribution in [3.63, 3.8) is 0 Å². The van der Waals surface area contributed by atoms with E-state index in [4.69, 9.17) is 5.11 Å². The van der Waals surface area contributed by atoms with Crippen LogP contribution in [0.15, 0.2) is 24.3 Å². The first-order valence-electron chi connectivity index (χ1n) is 5.25. The molecule has 0 aliphatic carbocycles. The second-order valence-corrected chi connectivity index (χ2v) is 4.22. The van der Waals surface area contributed by atoms with Crippen molar-refractivity contribution in [3.8, 4) is 0 Å². The van der Waals surface area contributed by atoms with Crippen LogP contribution in [0.5, 0.6) is 0 Å². The highest BCUT2D eigenvalue weighted by atomic mass is 19.1. The lowest BCUT2D eigenvalue weighted by atomic mass is 10.0. The van der Waals surface area contributed by atoms with Gasteiger partial charge in [0.25, 0.3) is 0 Å². The molecule has 1 aliphatic heterocycles. The molecule has 0 amide bonds. The number of alkyl halides is 1. The van der Waals surface area contributed by atoms with Gasteiger partial charge in [-0.05, 0) is 31.2 Å². The van der Waals surface area contributed by atoms with Crippen LogP contribution in [0.3, 0.4) is 0 Å². The van der Waals surface area contributed by atoms with E-state index in [1.165, 1.54) is 0 Å². The van der Waals surface area contributed by atoms with Gasteiger partial charge in [0.05, 0.1) is 5.56 Å². The molecular formula is C12H14FNO2. The number of hydrogen-bond donors (Lipinski definition) is 1. The molecule has 1 fully saturated rings. The van der Waals surface area contributed by atoms with E-state index in [2.05, 4.69) is 0 Å². The maximum Gasteiger partial charge on any atom is 0.335 e. The highest BCUT2D eigenvalue weighted by molar-refractivity contribution is 5.87. The van der Waals surface area contributed by atoms with Gasteiger partial charge in [-0.1, -0.05) is 12.1 Å². The van der Waals surface area contributed by atoms with Crippen molar-refractivity contribution in [2.45, 2.75) is 18.6 Å². The maximum absolute atomic E-state index is 13.2. The predicted octanol–water partition coefficient (Wildman–Crippen LogP) is 2.10. The van der Waals surface area contributed by atoms with Gasteiger partial charge in [0, 0.05) is 12.6 Å². The van der Waals surface area contributed by atoms with E-state index in [1.54, 1.807) is 18.2 Å². The summed E-state index contributed by atoms with van der Waals surface area (Å²) < 4.78 is 13.2. The first kappa shape index (κ1) is 11.1. The monoisotopic (exact) mass is 223 g/mol. The molecule has 1 aromatic carbocycles. The molecule has 1 aliphatic rings. The van der Waals surface area contributed by atoms with Gasteiger partial charge in [0.2, 0.25) is 0 Å². The van der Waals surface area contributed by atoms with Crippen molar-refractivity contribution in [2.24, 2.45) is 0 Å². The number of nitrogens with zero attached hydrogens (tertiary/aromatic N) is 1. The zero-order valence-corrected chi connectivity index (χ0v) is 9.06. The third-order valence-corrected chi connectivity index (χ3v) is 3.02. The number of carboxylic acids is 1. The van der Waals surface area contributed by atoms with E-state index in [0.717, 1.165) is 5.56 Å². The zero-order valence-electron chi connectivity index (χ0n) is 9.06. The first-order valence-corrected chi connectivity index (χ1v) is 5.25. The van der Waals surface area contributed by atoms with Crippen LogP contribution >= 0.6 is 0 Å². The smallest absolute Gasteiger partial charge is 0.335 e. The number of benzene rings is 1. The Hall–Kier alpha value is -1.42. The van der Waals surface area contributed by atoms with Gasteiger partial charge in [-0.25, -0.2) is 9.18 Å². The van der Waals surface area contributed by atoms with Gasteiger partial charge < -0.3 is 5.11 Å². The predicted molar refractivity (Wildman–Crippen MR) is 58.3 cm³/mol. The molecule has 1 saturated heterocycles. The number of rotatable bonds is 2. The lowest BCUT2D eigenvalue weighted by Gasteiger charge is -2.19. The highest BCUT2D eigenvalue weighted by Gasteiger charge is 2.30. The van der Waals surface area contributed by atoms with Gasteiger partial charge in [-0.2, -0.15) is 0 Å². The minimum Gasteiger partial charge on any atom is -0.478 e. The van der Waals surface area contributed by atoms with Crippen LogP contribution in [0.25, 0.3) is 0 Å². The number of likely N-dealkylation sites (tertiary alicyclic amines) is 1. The molecule has 1 N–H and O–H groups in total. The van der Waals surface area contributed by atoms with Crippen molar-refractivity contribution in [1.29, 1.82) is 0 Å². The lowest BCUT2D eigenvalue weighted by Crippen LogP contribution is -2.18. The molecule has 2 rings (SSSR count). The molecule has 0 saturated carbocycles. The highest BCUT2D eigenvalue weighted by Crippen LogP contribution is 2.32. The molecule has 0 radical (unpaired) electrons. The topological polar surface area (TPSA) is 40.5 Å². The van der Waals surface area contributed by atoms with Crippen molar-refractivity contribution in [3.05, 3.63) is 35.4 Å². The molecule has 0 aromatic heterocycles. The van der Waals surface area contributed by atoms with Crippen molar-refractivity contribution >= 4 is 5.97 Å². The quantitative estimate of drug-likeness (QED) is 0.834. The summed E-state index contributed by atoms with van der Waals surface area (Å²) >= 11 is 0. The Morgan fingerprint density at radius 2 is 2.31 bits per heavy atom.